The fourth-order valence-electron chi connectivity index (χ4n) is 13.2. The van der Waals surface area contributed by atoms with E-state index in [-0.39, 0.29) is 39.1 Å². The van der Waals surface area contributed by atoms with Crippen molar-refractivity contribution < 1.29 is 65.6 Å². The summed E-state index contributed by atoms with van der Waals surface area (Å²) in [5.74, 6) is 11.2. The molecule has 0 atom stereocenters. The standard InChI is InChI=1S/C21H32N6O4S.C17H28N6O4S.C17H25N5O3S.C16H26N4O3S.2CH4.ClH/c1-16(2)20-23-21(24-30-20)26-8-6-17(7-9-26)15-29-18-4-5-19(22-14-18)25-10-12-27(13-11-25)32-31-28-3;1-25-27-28-23-10-8-21(9-11-23)16-3-2-15(12-19-16)26-13-14-4-6-22(7-5-14)17(18)20-24;1-23-25-26-22-10-8-21(9-11-22)17-3-2-16(12-19-17)24-13-15-4-6-20(14-18)7-5-15;1-21-23-24-20-10-8-19(9-11-20)16-3-2-15(12-18-16)22-13-14-4-6-17-7-5-14;;;/h4-5,14,16-17H,6-13,15H2,1-3H3;2-3,12,14,24H,4-11,13H2,1H3,(H2,18,20);2-3,12,15H,4-11,13H2,1H3;2-3,12,14,17H,4-11,13H2,1H3;2*1H4;1H. The van der Waals surface area contributed by atoms with Gasteiger partial charge in [0.05, 0.1) is 79.7 Å². The Morgan fingerprint density at radius 2 is 0.788 bits per heavy atom. The molecule has 0 unspecified atom stereocenters. The van der Waals surface area contributed by atoms with Gasteiger partial charge in [0.25, 0.3) is 5.95 Å². The van der Waals surface area contributed by atoms with E-state index >= 15 is 0 Å². The maximum atomic E-state index is 8.89. The van der Waals surface area contributed by atoms with Crippen LogP contribution in [-0.2, 0) is 36.9 Å². The molecule has 0 aromatic carbocycles. The van der Waals surface area contributed by atoms with Crippen molar-refractivity contribution in [1.82, 2.24) is 62.4 Å². The number of halogens is 1. The molecule has 8 fully saturated rings. The molecule has 0 amide bonds. The zero-order valence-corrected chi connectivity index (χ0v) is 68.7. The van der Waals surface area contributed by atoms with E-state index in [1.165, 1.54) is 90.2 Å². The highest BCUT2D eigenvalue weighted by atomic mass is 35.5. The SMILES string of the molecule is C.C.COOSN1CCN(c2ccc(OCC3CCN(/C(N)=N/O)CC3)cn2)CC1.COOSN1CCN(c2ccc(OCC3CCN(C#N)CC3)cn2)CC1.COOSN1CCN(c2ccc(OCC3CCN(c4noc(C(C)C)n4)CC3)cn2)CC1.COOSN1CCN(c2ccc(OCC3CCNCC3)cn2)CC1.Cl. The third-order valence-electron chi connectivity index (χ3n) is 20.0. The molecule has 0 spiro atoms. The highest BCUT2D eigenvalue weighted by Gasteiger charge is 2.28. The second kappa shape index (κ2) is 52.2. The number of nitrogens with one attached hydrogen (secondary N) is 1. The number of guanidine groups is 1. The number of anilines is 5. The first-order valence-electron chi connectivity index (χ1n) is 38.0. The van der Waals surface area contributed by atoms with Crippen LogP contribution in [0, 0.1) is 35.1 Å². The van der Waals surface area contributed by atoms with Crippen molar-refractivity contribution in [3.05, 3.63) is 79.2 Å². The fourth-order valence-corrected chi connectivity index (χ4v) is 15.1. The molecule has 5 aromatic heterocycles. The lowest BCUT2D eigenvalue weighted by Crippen LogP contribution is -2.43. The molecular weight excluding hydrogens is 1560 g/mol. The quantitative estimate of drug-likeness (QED) is 0.00562. The summed E-state index contributed by atoms with van der Waals surface area (Å²) in [6.45, 7) is 28.5. The lowest BCUT2D eigenvalue weighted by atomic mass is 9.98. The molecule has 0 radical (unpaired) electrons. The van der Waals surface area contributed by atoms with E-state index in [0.717, 1.165) is 248 Å². The minimum absolute atomic E-state index is 0. The minimum Gasteiger partial charge on any atom is -0.492 e. The van der Waals surface area contributed by atoms with Crippen molar-refractivity contribution in [2.75, 3.05) is 236 Å². The number of piperidine rings is 4. The third kappa shape index (κ3) is 31.8. The van der Waals surface area contributed by atoms with Crippen LogP contribution in [0.3, 0.4) is 0 Å². The summed E-state index contributed by atoms with van der Waals surface area (Å²) in [5.41, 5.74) is 5.63. The minimum atomic E-state index is 0. The summed E-state index contributed by atoms with van der Waals surface area (Å²) in [6.07, 6.45) is 17.9. The molecule has 13 heterocycles. The van der Waals surface area contributed by atoms with Crippen molar-refractivity contribution >= 4 is 96.5 Å². The first-order valence-corrected chi connectivity index (χ1v) is 40.8. The molecule has 4 N–H and O–H groups in total. The van der Waals surface area contributed by atoms with Crippen molar-refractivity contribution in [1.29, 1.82) is 5.26 Å². The number of hydrogen-bond donors (Lipinski definition) is 3. The number of likely N-dealkylation sites (tertiary alicyclic amines) is 2. The normalized spacial score (nSPS) is 18.9. The number of ether oxygens (including phenoxy) is 4. The zero-order chi connectivity index (χ0) is 76.9. The predicted octanol–water partition coefficient (Wildman–Crippen LogP) is 9.62. The van der Waals surface area contributed by atoms with E-state index in [0.29, 0.717) is 55.3 Å². The average Bonchev–Trinajstić information content (AvgIpc) is 1.72. The Kier molecular flexibility index (Phi) is 43.3. The number of aromatic nitrogens is 6. The number of rotatable bonds is 30. The number of nitrogens with zero attached hydrogens (tertiary/aromatic N) is 19. The van der Waals surface area contributed by atoms with Gasteiger partial charge >= 0.3 is 0 Å². The van der Waals surface area contributed by atoms with Crippen LogP contribution in [0.5, 0.6) is 23.0 Å². The van der Waals surface area contributed by atoms with Gasteiger partial charge in [0.1, 0.15) is 95.2 Å². The molecule has 5 aromatic rings. The molecule has 0 aliphatic carbocycles. The average molecular weight is 1680 g/mol. The lowest BCUT2D eigenvalue weighted by molar-refractivity contribution is -0.163. The maximum absolute atomic E-state index is 8.89. The van der Waals surface area contributed by atoms with Gasteiger partial charge in [-0.1, -0.05) is 33.9 Å². The van der Waals surface area contributed by atoms with Crippen LogP contribution in [0.25, 0.3) is 0 Å². The number of pyridine rings is 4. The number of hydrogen-bond acceptors (Lipinski definition) is 37. The molecule has 40 heteroatoms. The van der Waals surface area contributed by atoms with Gasteiger partial charge in [0.15, 0.2) is 6.19 Å². The van der Waals surface area contributed by atoms with E-state index in [1.54, 1.807) is 12.4 Å². The van der Waals surface area contributed by atoms with Gasteiger partial charge in [0, 0.05) is 150 Å². The Bertz CT molecular complexity index is 3380. The second-order valence-electron chi connectivity index (χ2n) is 27.7. The lowest BCUT2D eigenvalue weighted by Gasteiger charge is -2.33. The zero-order valence-electron chi connectivity index (χ0n) is 64.6. The summed E-state index contributed by atoms with van der Waals surface area (Å²) in [6, 6.07) is 16.1. The van der Waals surface area contributed by atoms with Gasteiger partial charge < -0.3 is 74.0 Å². The highest BCUT2D eigenvalue weighted by molar-refractivity contribution is 7.92. The summed E-state index contributed by atoms with van der Waals surface area (Å²) in [4.78, 5) is 56.2. The van der Waals surface area contributed by atoms with Crippen molar-refractivity contribution in [3.8, 4) is 29.2 Å². The van der Waals surface area contributed by atoms with Gasteiger partial charge in [-0.15, -0.1) is 29.7 Å². The van der Waals surface area contributed by atoms with Crippen LogP contribution in [0.2, 0.25) is 0 Å². The van der Waals surface area contributed by atoms with Crippen molar-refractivity contribution in [3.63, 3.8) is 0 Å². The molecule has 8 aliphatic rings. The number of nitrogens with two attached hydrogens (primary N) is 1. The van der Waals surface area contributed by atoms with Crippen LogP contribution < -0.4 is 54.5 Å². The molecular formula is C73H120ClN21O14S4. The van der Waals surface area contributed by atoms with Crippen molar-refractivity contribution in [2.24, 2.45) is 34.6 Å². The Morgan fingerprint density at radius 3 is 1.06 bits per heavy atom. The smallest absolute Gasteiger partial charge is 0.266 e. The van der Waals surface area contributed by atoms with Crippen LogP contribution in [0.4, 0.5) is 29.2 Å². The molecule has 13 rings (SSSR count). The maximum Gasteiger partial charge on any atom is 0.266 e. The van der Waals surface area contributed by atoms with E-state index < -0.39 is 0 Å². The van der Waals surface area contributed by atoms with E-state index in [2.05, 4.69) is 122 Å². The first kappa shape index (κ1) is 93.6. The summed E-state index contributed by atoms with van der Waals surface area (Å²) in [5, 5.41) is 28.2. The Morgan fingerprint density at radius 1 is 0.478 bits per heavy atom. The van der Waals surface area contributed by atoms with Crippen LogP contribution in [-0.4, -0.2) is 280 Å². The molecule has 0 bridgehead atoms. The van der Waals surface area contributed by atoms with Gasteiger partial charge in [-0.3, -0.25) is 0 Å². The number of nitriles is 1. The molecule has 35 nitrogen and oxygen atoms in total. The summed E-state index contributed by atoms with van der Waals surface area (Å²) < 4.78 is 57.2. The molecule has 632 valence electrons. The summed E-state index contributed by atoms with van der Waals surface area (Å²) in [7, 11) is 6.04. The fraction of sp³-hybridized carbons (Fsp3) is 0.671. The van der Waals surface area contributed by atoms with Crippen molar-refractivity contribution in [2.45, 2.75) is 86.0 Å². The van der Waals surface area contributed by atoms with Gasteiger partial charge in [-0.25, -0.2) is 56.7 Å². The topological polar surface area (TPSA) is 331 Å². The highest BCUT2D eigenvalue weighted by Crippen LogP contribution is 2.30. The van der Waals surface area contributed by atoms with Crippen LogP contribution in [0.15, 0.2) is 83.0 Å². The second-order valence-corrected chi connectivity index (χ2v) is 30.9. The molecule has 0 saturated carbocycles. The largest absolute Gasteiger partial charge is 0.492 e. The van der Waals surface area contributed by atoms with E-state index in [9.17, 15) is 0 Å². The van der Waals surface area contributed by atoms with Gasteiger partial charge in [-0.2, -0.15) is 10.2 Å². The Labute approximate surface area is 691 Å². The van der Waals surface area contributed by atoms with Crippen LogP contribution >= 0.6 is 61.3 Å². The first-order chi connectivity index (χ1) is 53.9. The third-order valence-corrected chi connectivity index (χ3v) is 23.1. The number of oxime groups is 1. The summed E-state index contributed by atoms with van der Waals surface area (Å²) >= 11 is 4.98. The Balaban J connectivity index is 0.000000208. The van der Waals surface area contributed by atoms with Gasteiger partial charge in [0.2, 0.25) is 11.9 Å². The van der Waals surface area contributed by atoms with E-state index in [4.69, 9.17) is 57.0 Å². The van der Waals surface area contributed by atoms with E-state index in [1.807, 2.05) is 70.7 Å². The molecule has 8 saturated heterocycles. The monoisotopic (exact) mass is 1680 g/mol. The van der Waals surface area contributed by atoms with Crippen LogP contribution in [0.1, 0.15) is 91.9 Å². The molecule has 113 heavy (non-hydrogen) atoms. The predicted molar refractivity (Wildman–Crippen MR) is 444 cm³/mol. The van der Waals surface area contributed by atoms with Gasteiger partial charge in [-0.05, 0) is 142 Å². The Hall–Kier alpha value is -6.53. The molecule has 8 aliphatic heterocycles. The number of piperazine rings is 4.